The third-order valence-corrected chi connectivity index (χ3v) is 3.82. The Morgan fingerprint density at radius 3 is 2.26 bits per heavy atom. The van der Waals surface area contributed by atoms with Crippen molar-refractivity contribution in [2.75, 3.05) is 17.2 Å². The van der Waals surface area contributed by atoms with Crippen molar-refractivity contribution < 1.29 is 14.3 Å². The third-order valence-electron chi connectivity index (χ3n) is 3.82. The second kappa shape index (κ2) is 8.67. The number of carbonyl (C=O) groups excluding carboxylic acids is 2. The Kier molecular flexibility index (Phi) is 5.84. The van der Waals surface area contributed by atoms with Crippen LogP contribution in [0.3, 0.4) is 0 Å². The summed E-state index contributed by atoms with van der Waals surface area (Å²) in [6.45, 7) is 1.87. The molecule has 0 aliphatic carbocycles. The maximum Gasteiger partial charge on any atom is 0.262 e. The number of amides is 2. The molecule has 0 bridgehead atoms. The molecule has 0 aromatic heterocycles. The zero-order chi connectivity index (χ0) is 19.1. The summed E-state index contributed by atoms with van der Waals surface area (Å²) in [6, 6.07) is 23.4. The number of benzene rings is 3. The number of rotatable bonds is 6. The van der Waals surface area contributed by atoms with Crippen LogP contribution in [-0.4, -0.2) is 18.4 Å². The lowest BCUT2D eigenvalue weighted by molar-refractivity contribution is -0.118. The summed E-state index contributed by atoms with van der Waals surface area (Å²) in [5.41, 5.74) is 3.05. The van der Waals surface area contributed by atoms with Crippen LogP contribution >= 0.6 is 0 Å². The minimum Gasteiger partial charge on any atom is -0.484 e. The molecule has 2 N–H and O–H groups in total. The number of nitrogens with one attached hydrogen (secondary N) is 2. The van der Waals surface area contributed by atoms with Crippen LogP contribution in [0.4, 0.5) is 11.4 Å². The van der Waals surface area contributed by atoms with Crippen molar-refractivity contribution in [1.29, 1.82) is 0 Å². The second-order valence-corrected chi connectivity index (χ2v) is 6.05. The Bertz CT molecular complexity index is 922. The molecule has 0 saturated carbocycles. The minimum absolute atomic E-state index is 0.0936. The van der Waals surface area contributed by atoms with Gasteiger partial charge in [0.2, 0.25) is 0 Å². The summed E-state index contributed by atoms with van der Waals surface area (Å²) in [7, 11) is 0. The van der Waals surface area contributed by atoms with E-state index < -0.39 is 0 Å². The molecule has 0 saturated heterocycles. The van der Waals surface area contributed by atoms with Crippen molar-refractivity contribution in [3.8, 4) is 5.75 Å². The number of aryl methyl sites for hydroxylation is 1. The van der Waals surface area contributed by atoms with E-state index >= 15 is 0 Å². The molecule has 0 heterocycles. The van der Waals surface area contributed by atoms with E-state index in [1.807, 2.05) is 49.4 Å². The molecule has 0 unspecified atom stereocenters. The molecule has 0 fully saturated rings. The second-order valence-electron chi connectivity index (χ2n) is 6.05. The van der Waals surface area contributed by atoms with E-state index in [2.05, 4.69) is 10.6 Å². The Balaban J connectivity index is 1.50. The summed E-state index contributed by atoms with van der Waals surface area (Å²) in [5.74, 6) is 0.135. The summed E-state index contributed by atoms with van der Waals surface area (Å²) in [5, 5.41) is 5.60. The SMILES string of the molecule is Cc1cccc(NC(=O)COc2ccc(NC(=O)c3ccccc3)cc2)c1. The van der Waals surface area contributed by atoms with Crippen LogP contribution in [0.5, 0.6) is 5.75 Å². The summed E-state index contributed by atoms with van der Waals surface area (Å²) < 4.78 is 5.49. The molecule has 0 aliphatic heterocycles. The Morgan fingerprint density at radius 1 is 0.815 bits per heavy atom. The molecule has 0 atom stereocenters. The molecule has 3 rings (SSSR count). The van der Waals surface area contributed by atoms with Gasteiger partial charge in [0.05, 0.1) is 0 Å². The molecule has 0 aliphatic rings. The van der Waals surface area contributed by atoms with Crippen molar-refractivity contribution >= 4 is 23.2 Å². The highest BCUT2D eigenvalue weighted by Crippen LogP contribution is 2.17. The number of anilines is 2. The van der Waals surface area contributed by atoms with Crippen LogP contribution in [0.15, 0.2) is 78.9 Å². The van der Waals surface area contributed by atoms with Gasteiger partial charge < -0.3 is 15.4 Å². The molecule has 5 nitrogen and oxygen atoms in total. The van der Waals surface area contributed by atoms with Gasteiger partial charge in [-0.3, -0.25) is 9.59 Å². The van der Waals surface area contributed by atoms with E-state index in [0.717, 1.165) is 11.3 Å². The molecule has 2 amide bonds. The number of hydrogen-bond donors (Lipinski definition) is 2. The monoisotopic (exact) mass is 360 g/mol. The molecule has 0 spiro atoms. The highest BCUT2D eigenvalue weighted by Gasteiger charge is 2.06. The van der Waals surface area contributed by atoms with Gasteiger partial charge in [-0.1, -0.05) is 30.3 Å². The number of ether oxygens (including phenoxy) is 1. The predicted octanol–water partition coefficient (Wildman–Crippen LogP) is 4.26. The largest absolute Gasteiger partial charge is 0.484 e. The smallest absolute Gasteiger partial charge is 0.262 e. The molecular weight excluding hydrogens is 340 g/mol. The molecular formula is C22H20N2O3. The fourth-order valence-electron chi connectivity index (χ4n) is 2.50. The maximum atomic E-state index is 12.1. The van der Waals surface area contributed by atoms with Gasteiger partial charge in [-0.05, 0) is 61.0 Å². The lowest BCUT2D eigenvalue weighted by atomic mass is 10.2. The van der Waals surface area contributed by atoms with Gasteiger partial charge in [0.15, 0.2) is 6.61 Å². The third kappa shape index (κ3) is 5.44. The van der Waals surface area contributed by atoms with Crippen LogP contribution in [0.2, 0.25) is 0 Å². The maximum absolute atomic E-state index is 12.1. The Labute approximate surface area is 158 Å². The average molecular weight is 360 g/mol. The minimum atomic E-state index is -0.234. The van der Waals surface area contributed by atoms with Gasteiger partial charge in [-0.15, -0.1) is 0 Å². The lowest BCUT2D eigenvalue weighted by Crippen LogP contribution is -2.20. The van der Waals surface area contributed by atoms with Crippen LogP contribution < -0.4 is 15.4 Å². The topological polar surface area (TPSA) is 67.4 Å². The fourth-order valence-corrected chi connectivity index (χ4v) is 2.50. The van der Waals surface area contributed by atoms with Crippen molar-refractivity contribution in [3.05, 3.63) is 90.0 Å². The first kappa shape index (κ1) is 18.2. The van der Waals surface area contributed by atoms with Crippen LogP contribution in [0.1, 0.15) is 15.9 Å². The quantitative estimate of drug-likeness (QED) is 0.690. The normalized spacial score (nSPS) is 10.1. The van der Waals surface area contributed by atoms with Crippen LogP contribution in [0, 0.1) is 6.92 Å². The number of carbonyl (C=O) groups is 2. The van der Waals surface area contributed by atoms with E-state index in [-0.39, 0.29) is 18.4 Å². The first-order valence-corrected chi connectivity index (χ1v) is 8.56. The molecule has 3 aromatic carbocycles. The fraction of sp³-hybridized carbons (Fsp3) is 0.0909. The van der Waals surface area contributed by atoms with E-state index in [9.17, 15) is 9.59 Å². The van der Waals surface area contributed by atoms with Gasteiger partial charge in [0, 0.05) is 16.9 Å². The summed E-state index contributed by atoms with van der Waals surface area (Å²) in [4.78, 5) is 24.1. The van der Waals surface area contributed by atoms with Gasteiger partial charge in [0.25, 0.3) is 11.8 Å². The van der Waals surface area contributed by atoms with E-state index in [4.69, 9.17) is 4.74 Å². The van der Waals surface area contributed by atoms with Gasteiger partial charge in [-0.25, -0.2) is 0 Å². The van der Waals surface area contributed by atoms with E-state index in [1.54, 1.807) is 36.4 Å². The first-order valence-electron chi connectivity index (χ1n) is 8.56. The van der Waals surface area contributed by atoms with Gasteiger partial charge in [-0.2, -0.15) is 0 Å². The van der Waals surface area contributed by atoms with Crippen molar-refractivity contribution in [1.82, 2.24) is 0 Å². The van der Waals surface area contributed by atoms with E-state index in [0.29, 0.717) is 17.0 Å². The summed E-state index contributed by atoms with van der Waals surface area (Å²) >= 11 is 0. The van der Waals surface area contributed by atoms with Crippen molar-refractivity contribution in [2.24, 2.45) is 0 Å². The summed E-state index contributed by atoms with van der Waals surface area (Å²) in [6.07, 6.45) is 0. The Morgan fingerprint density at radius 2 is 1.56 bits per heavy atom. The average Bonchev–Trinajstić information content (AvgIpc) is 2.68. The lowest BCUT2D eigenvalue weighted by Gasteiger charge is -2.09. The van der Waals surface area contributed by atoms with Gasteiger partial charge >= 0.3 is 0 Å². The molecule has 136 valence electrons. The van der Waals surface area contributed by atoms with Crippen LogP contribution in [0.25, 0.3) is 0 Å². The van der Waals surface area contributed by atoms with Crippen molar-refractivity contribution in [2.45, 2.75) is 6.92 Å². The van der Waals surface area contributed by atoms with Crippen LogP contribution in [-0.2, 0) is 4.79 Å². The van der Waals surface area contributed by atoms with E-state index in [1.165, 1.54) is 0 Å². The molecule has 27 heavy (non-hydrogen) atoms. The zero-order valence-corrected chi connectivity index (χ0v) is 14.9. The van der Waals surface area contributed by atoms with Gasteiger partial charge in [0.1, 0.15) is 5.75 Å². The molecule has 5 heteroatoms. The zero-order valence-electron chi connectivity index (χ0n) is 14.9. The standard InChI is InChI=1S/C22H20N2O3/c1-16-6-5-9-19(14-16)23-21(25)15-27-20-12-10-18(11-13-20)24-22(26)17-7-3-2-4-8-17/h2-14H,15H2,1H3,(H,23,25)(H,24,26). The highest BCUT2D eigenvalue weighted by atomic mass is 16.5. The molecule has 0 radical (unpaired) electrons. The predicted molar refractivity (Wildman–Crippen MR) is 106 cm³/mol. The first-order chi connectivity index (χ1) is 13.1. The molecule has 3 aromatic rings. The Hall–Kier alpha value is -3.60. The highest BCUT2D eigenvalue weighted by molar-refractivity contribution is 6.04. The van der Waals surface area contributed by atoms with Crippen molar-refractivity contribution in [3.63, 3.8) is 0 Å². The number of hydrogen-bond acceptors (Lipinski definition) is 3.